The van der Waals surface area contributed by atoms with Crippen LogP contribution in [0.5, 0.6) is 0 Å². The Morgan fingerprint density at radius 3 is 1.71 bits per heavy atom. The molecule has 0 aliphatic rings. The van der Waals surface area contributed by atoms with Crippen molar-refractivity contribution >= 4 is 23.3 Å². The monoisotopic (exact) mass is 334 g/mol. The Morgan fingerprint density at radius 2 is 1.25 bits per heavy atom. The Balaban J connectivity index is 2.23. The number of hydrogen-bond acceptors (Lipinski definition) is 2. The van der Waals surface area contributed by atoms with Crippen molar-refractivity contribution < 1.29 is 9.36 Å². The number of carbonyl (C=O) groups excluding carboxylic acids is 1. The van der Waals surface area contributed by atoms with Gasteiger partial charge in [0, 0.05) is 16.2 Å². The van der Waals surface area contributed by atoms with Crippen molar-refractivity contribution in [3.05, 3.63) is 95.6 Å². The summed E-state index contributed by atoms with van der Waals surface area (Å²) < 4.78 is 14.0. The first-order chi connectivity index (χ1) is 11.5. The minimum absolute atomic E-state index is 0.308. The van der Waals surface area contributed by atoms with Crippen molar-refractivity contribution in [1.82, 2.24) is 0 Å². The van der Waals surface area contributed by atoms with E-state index in [0.717, 1.165) is 11.1 Å². The highest BCUT2D eigenvalue weighted by Crippen LogP contribution is 2.47. The Labute approximate surface area is 142 Å². The van der Waals surface area contributed by atoms with Crippen molar-refractivity contribution in [2.45, 2.75) is 13.8 Å². The molecule has 120 valence electrons. The second kappa shape index (κ2) is 6.59. The van der Waals surface area contributed by atoms with E-state index in [4.69, 9.17) is 0 Å². The van der Waals surface area contributed by atoms with E-state index in [2.05, 4.69) is 0 Å². The summed E-state index contributed by atoms with van der Waals surface area (Å²) in [5.41, 5.74) is 2.15. The van der Waals surface area contributed by atoms with Gasteiger partial charge in [0.05, 0.1) is 0 Å². The Hall–Kier alpha value is -2.44. The first-order valence-corrected chi connectivity index (χ1v) is 9.57. The van der Waals surface area contributed by atoms with Gasteiger partial charge in [-0.1, -0.05) is 84.4 Å². The number of benzene rings is 3. The van der Waals surface area contributed by atoms with E-state index < -0.39 is 7.14 Å². The van der Waals surface area contributed by atoms with Crippen molar-refractivity contribution in [1.29, 1.82) is 0 Å². The van der Waals surface area contributed by atoms with E-state index in [0.29, 0.717) is 16.2 Å². The molecule has 0 aliphatic heterocycles. The van der Waals surface area contributed by atoms with Crippen LogP contribution in [0.3, 0.4) is 0 Å². The van der Waals surface area contributed by atoms with Gasteiger partial charge < -0.3 is 4.57 Å². The molecule has 0 amide bonds. The molecule has 0 aromatic heterocycles. The molecule has 3 heteroatoms. The first-order valence-electron chi connectivity index (χ1n) is 7.87. The van der Waals surface area contributed by atoms with E-state index in [9.17, 15) is 9.36 Å². The van der Waals surface area contributed by atoms with Gasteiger partial charge in [0.1, 0.15) is 0 Å². The van der Waals surface area contributed by atoms with Crippen molar-refractivity contribution in [3.63, 3.8) is 0 Å². The van der Waals surface area contributed by atoms with Crippen molar-refractivity contribution in [3.8, 4) is 0 Å². The third-order valence-electron chi connectivity index (χ3n) is 4.14. The van der Waals surface area contributed by atoms with Gasteiger partial charge in [-0.15, -0.1) is 0 Å². The lowest BCUT2D eigenvalue weighted by Crippen LogP contribution is -2.23. The summed E-state index contributed by atoms with van der Waals surface area (Å²) in [5, 5.41) is 1.14. The summed E-state index contributed by atoms with van der Waals surface area (Å²) in [6, 6.07) is 23.7. The fraction of sp³-hybridized carbons (Fsp3) is 0.0952. The number of carbonyl (C=O) groups is 1. The van der Waals surface area contributed by atoms with E-state index >= 15 is 0 Å². The average Bonchev–Trinajstić information content (AvgIpc) is 2.62. The zero-order valence-electron chi connectivity index (χ0n) is 13.8. The molecule has 3 aromatic carbocycles. The summed E-state index contributed by atoms with van der Waals surface area (Å²) in [6.45, 7) is 3.87. The molecule has 0 heterocycles. The Kier molecular flexibility index (Phi) is 4.51. The minimum Gasteiger partial charge on any atom is -0.305 e. The zero-order valence-corrected chi connectivity index (χ0v) is 14.7. The third-order valence-corrected chi connectivity index (χ3v) is 7.00. The van der Waals surface area contributed by atoms with Gasteiger partial charge in [0.25, 0.3) is 0 Å². The summed E-state index contributed by atoms with van der Waals surface area (Å²) in [4.78, 5) is 13.3. The van der Waals surface area contributed by atoms with E-state index in [1.54, 1.807) is 30.3 Å². The predicted octanol–water partition coefficient (Wildman–Crippen LogP) is 4.46. The van der Waals surface area contributed by atoms with E-state index in [1.807, 2.05) is 62.4 Å². The first kappa shape index (κ1) is 16.4. The molecular formula is C21H19O2P. The number of rotatable bonds is 4. The molecule has 24 heavy (non-hydrogen) atoms. The maximum atomic E-state index is 14.0. The number of hydrogen-bond donors (Lipinski definition) is 0. The van der Waals surface area contributed by atoms with Crippen LogP contribution < -0.4 is 10.6 Å². The molecule has 0 unspecified atom stereocenters. The molecule has 0 saturated carbocycles. The van der Waals surface area contributed by atoms with Crippen LogP contribution >= 0.6 is 7.14 Å². The molecule has 0 aliphatic carbocycles. The van der Waals surface area contributed by atoms with Crippen LogP contribution in [0, 0.1) is 13.8 Å². The summed E-state index contributed by atoms with van der Waals surface area (Å²) in [7, 11) is -3.42. The second-order valence-corrected chi connectivity index (χ2v) is 8.56. The summed E-state index contributed by atoms with van der Waals surface area (Å²) >= 11 is 0. The van der Waals surface area contributed by atoms with Crippen LogP contribution in [0.4, 0.5) is 0 Å². The Morgan fingerprint density at radius 1 is 0.750 bits per heavy atom. The van der Waals surface area contributed by atoms with Gasteiger partial charge >= 0.3 is 0 Å². The fourth-order valence-electron chi connectivity index (χ4n) is 2.88. The molecule has 0 fully saturated rings. The number of aryl methyl sites for hydroxylation is 2. The predicted molar refractivity (Wildman–Crippen MR) is 100 cm³/mol. The van der Waals surface area contributed by atoms with Crippen LogP contribution in [0.1, 0.15) is 21.5 Å². The highest BCUT2D eigenvalue weighted by Gasteiger charge is 2.36. The second-order valence-electron chi connectivity index (χ2n) is 5.90. The lowest BCUT2D eigenvalue weighted by Gasteiger charge is -2.19. The largest absolute Gasteiger partial charge is 0.305 e. The van der Waals surface area contributed by atoms with Gasteiger partial charge in [-0.2, -0.15) is 0 Å². The quantitative estimate of drug-likeness (QED) is 0.660. The van der Waals surface area contributed by atoms with Crippen LogP contribution in [-0.2, 0) is 4.57 Å². The highest BCUT2D eigenvalue weighted by atomic mass is 31.2. The molecule has 0 bridgehead atoms. The molecule has 0 spiro atoms. The zero-order chi connectivity index (χ0) is 17.2. The van der Waals surface area contributed by atoms with Crippen LogP contribution in [0.25, 0.3) is 0 Å². The fourth-order valence-corrected chi connectivity index (χ4v) is 5.42. The van der Waals surface area contributed by atoms with Gasteiger partial charge in [0.15, 0.2) is 0 Å². The standard InChI is InChI=1S/C21H19O2P/c1-16-13-14-20(17(2)15-16)21(22)24(23,18-9-5-3-6-10-18)19-11-7-4-8-12-19/h3-15H,1-2H3. The smallest absolute Gasteiger partial charge is 0.230 e. The van der Waals surface area contributed by atoms with Crippen LogP contribution in [-0.4, -0.2) is 5.52 Å². The summed E-state index contributed by atoms with van der Waals surface area (Å²) in [6.07, 6.45) is 0. The maximum Gasteiger partial charge on any atom is 0.230 e. The SMILES string of the molecule is Cc1ccc(C(=O)P(=O)(c2ccccc2)c2ccccc2)c(C)c1. The van der Waals surface area contributed by atoms with Gasteiger partial charge in [-0.25, -0.2) is 0 Å². The van der Waals surface area contributed by atoms with Gasteiger partial charge in [0.2, 0.25) is 12.7 Å². The van der Waals surface area contributed by atoms with Crippen molar-refractivity contribution in [2.24, 2.45) is 0 Å². The van der Waals surface area contributed by atoms with Crippen molar-refractivity contribution in [2.75, 3.05) is 0 Å². The summed E-state index contributed by atoms with van der Waals surface area (Å²) in [5.74, 6) is 0. The third kappa shape index (κ3) is 2.86. The van der Waals surface area contributed by atoms with E-state index in [1.165, 1.54) is 0 Å². The molecule has 0 radical (unpaired) electrons. The Bertz CT molecular complexity index is 872. The maximum absolute atomic E-state index is 14.0. The lowest BCUT2D eigenvalue weighted by molar-refractivity contribution is 0.107. The lowest BCUT2D eigenvalue weighted by atomic mass is 10.1. The normalized spacial score (nSPS) is 11.2. The van der Waals surface area contributed by atoms with E-state index in [-0.39, 0.29) is 5.52 Å². The average molecular weight is 334 g/mol. The van der Waals surface area contributed by atoms with Gasteiger partial charge in [-0.3, -0.25) is 4.79 Å². The molecule has 0 saturated heterocycles. The van der Waals surface area contributed by atoms with Crippen LogP contribution in [0.2, 0.25) is 0 Å². The topological polar surface area (TPSA) is 34.1 Å². The molecule has 0 atom stereocenters. The van der Waals surface area contributed by atoms with Gasteiger partial charge in [-0.05, 0) is 19.4 Å². The highest BCUT2D eigenvalue weighted by molar-refractivity contribution is 7.93. The molecule has 0 N–H and O–H groups in total. The molecule has 3 aromatic rings. The molecular weight excluding hydrogens is 315 g/mol. The minimum atomic E-state index is -3.42. The molecule has 3 rings (SSSR count). The van der Waals surface area contributed by atoms with Crippen LogP contribution in [0.15, 0.2) is 78.9 Å². The molecule has 2 nitrogen and oxygen atoms in total.